The topological polar surface area (TPSA) is 128 Å². The average Bonchev–Trinajstić information content (AvgIpc) is 3.07. The second-order valence-electron chi connectivity index (χ2n) is 5.74. The Morgan fingerprint density at radius 3 is 2.71 bits per heavy atom. The fourth-order valence-electron chi connectivity index (χ4n) is 2.64. The number of nitriles is 2. The van der Waals surface area contributed by atoms with Gasteiger partial charge in [-0.05, 0) is 25.1 Å². The summed E-state index contributed by atoms with van der Waals surface area (Å²) < 4.78 is 6.88. The Hall–Kier alpha value is -3.66. The van der Waals surface area contributed by atoms with Gasteiger partial charge in [0.05, 0.1) is 40.9 Å². The lowest BCUT2D eigenvalue weighted by Crippen LogP contribution is -2.21. The molecule has 2 heterocycles. The first-order chi connectivity index (χ1) is 13.5. The van der Waals surface area contributed by atoms with Crippen molar-refractivity contribution in [1.82, 2.24) is 14.6 Å². The number of hydrogen-bond acceptors (Lipinski definition) is 6. The number of ether oxygens (including phenoxy) is 1. The molecule has 1 atom stereocenters. The zero-order chi connectivity index (χ0) is 20.3. The van der Waals surface area contributed by atoms with Crippen molar-refractivity contribution >= 4 is 34.7 Å². The maximum atomic E-state index is 12.4. The molecule has 3 aromatic rings. The van der Waals surface area contributed by atoms with Crippen molar-refractivity contribution < 1.29 is 9.53 Å². The van der Waals surface area contributed by atoms with Crippen molar-refractivity contribution in [3.05, 3.63) is 52.4 Å². The number of amides is 2. The van der Waals surface area contributed by atoms with Gasteiger partial charge in [-0.2, -0.15) is 15.6 Å². The molecule has 2 N–H and O–H groups in total. The third-order valence-corrected chi connectivity index (χ3v) is 4.21. The molecule has 3 rings (SSSR count). The molecule has 140 valence electrons. The Labute approximate surface area is 165 Å². The summed E-state index contributed by atoms with van der Waals surface area (Å²) >= 11 is 5.96. The van der Waals surface area contributed by atoms with E-state index in [1.165, 1.54) is 36.0 Å². The van der Waals surface area contributed by atoms with Gasteiger partial charge in [-0.15, -0.1) is 0 Å². The van der Waals surface area contributed by atoms with E-state index < -0.39 is 6.03 Å². The number of rotatable bonds is 4. The fraction of sp³-hybridized carbons (Fsp3) is 0.167. The fourth-order valence-corrected chi connectivity index (χ4v) is 2.81. The van der Waals surface area contributed by atoms with Crippen LogP contribution in [0.3, 0.4) is 0 Å². The van der Waals surface area contributed by atoms with Crippen LogP contribution in [0.2, 0.25) is 5.15 Å². The summed E-state index contributed by atoms with van der Waals surface area (Å²) in [5.74, 6) is 0. The van der Waals surface area contributed by atoms with Crippen molar-refractivity contribution in [2.45, 2.75) is 13.0 Å². The molecule has 0 aliphatic carbocycles. The van der Waals surface area contributed by atoms with E-state index in [1.54, 1.807) is 13.1 Å². The van der Waals surface area contributed by atoms with Gasteiger partial charge < -0.3 is 15.4 Å². The quantitative estimate of drug-likeness (QED) is 0.695. The van der Waals surface area contributed by atoms with Crippen molar-refractivity contribution in [1.29, 1.82) is 10.5 Å². The molecule has 0 aliphatic rings. The number of hydrogen-bond donors (Lipinski definition) is 2. The SMILES string of the molecule is COC(C)c1c(NC(=O)Nc2ccc(C#N)c(C#N)c2)cnn2cc(Cl)nc12. The number of aromatic nitrogens is 3. The van der Waals surface area contributed by atoms with E-state index in [1.807, 2.05) is 12.1 Å². The molecule has 0 saturated carbocycles. The van der Waals surface area contributed by atoms with Gasteiger partial charge >= 0.3 is 6.03 Å². The molecule has 10 heteroatoms. The summed E-state index contributed by atoms with van der Waals surface area (Å²) in [7, 11) is 1.54. The van der Waals surface area contributed by atoms with E-state index in [4.69, 9.17) is 26.9 Å². The number of fused-ring (bicyclic) bond motifs is 1. The van der Waals surface area contributed by atoms with Gasteiger partial charge in [0.15, 0.2) is 5.65 Å². The van der Waals surface area contributed by atoms with Gasteiger partial charge in [0.25, 0.3) is 0 Å². The van der Waals surface area contributed by atoms with Gasteiger partial charge in [-0.1, -0.05) is 11.6 Å². The minimum absolute atomic E-state index is 0.170. The lowest BCUT2D eigenvalue weighted by atomic mass is 10.1. The number of nitrogens with zero attached hydrogens (tertiary/aromatic N) is 5. The molecule has 0 fully saturated rings. The lowest BCUT2D eigenvalue weighted by molar-refractivity contribution is 0.120. The van der Waals surface area contributed by atoms with Gasteiger partial charge in [-0.25, -0.2) is 14.3 Å². The smallest absolute Gasteiger partial charge is 0.323 e. The van der Waals surface area contributed by atoms with E-state index in [0.717, 1.165) is 0 Å². The molecule has 2 aromatic heterocycles. The minimum atomic E-state index is -0.554. The highest BCUT2D eigenvalue weighted by Gasteiger charge is 2.19. The van der Waals surface area contributed by atoms with E-state index in [-0.39, 0.29) is 22.4 Å². The first-order valence-electron chi connectivity index (χ1n) is 8.05. The Bertz CT molecular complexity index is 1140. The molecule has 0 spiro atoms. The molecule has 0 saturated heterocycles. The van der Waals surface area contributed by atoms with E-state index in [9.17, 15) is 4.79 Å². The molecular weight excluding hydrogens is 382 g/mol. The van der Waals surface area contributed by atoms with Crippen LogP contribution in [0, 0.1) is 22.7 Å². The third kappa shape index (κ3) is 3.71. The van der Waals surface area contributed by atoms with Gasteiger partial charge in [0, 0.05) is 12.8 Å². The van der Waals surface area contributed by atoms with Gasteiger partial charge in [0.1, 0.15) is 17.3 Å². The van der Waals surface area contributed by atoms with Crippen LogP contribution in [0.1, 0.15) is 29.7 Å². The number of carbonyl (C=O) groups is 1. The predicted octanol–water partition coefficient (Wildman–Crippen LogP) is 3.48. The standard InChI is InChI=1S/C18H14ClN7O2/c1-10(28-2)16-14(8-22-26-9-15(19)25-17(16)26)24-18(27)23-13-4-3-11(6-20)12(5-13)7-21/h3-5,8-10H,1-2H3,(H2,23,24,27). The van der Waals surface area contributed by atoms with Crippen LogP contribution >= 0.6 is 11.6 Å². The number of nitrogens with one attached hydrogen (secondary N) is 2. The van der Waals surface area contributed by atoms with Crippen molar-refractivity contribution in [3.8, 4) is 12.1 Å². The van der Waals surface area contributed by atoms with E-state index in [2.05, 4.69) is 20.7 Å². The average molecular weight is 396 g/mol. The van der Waals surface area contributed by atoms with Crippen molar-refractivity contribution in [3.63, 3.8) is 0 Å². The Balaban J connectivity index is 1.89. The van der Waals surface area contributed by atoms with Crippen molar-refractivity contribution in [2.75, 3.05) is 17.7 Å². The first-order valence-corrected chi connectivity index (χ1v) is 8.43. The molecule has 0 radical (unpaired) electrons. The van der Waals surface area contributed by atoms with Gasteiger partial charge in [0.2, 0.25) is 0 Å². The normalized spacial score (nSPS) is 11.5. The number of carbonyl (C=O) groups excluding carboxylic acids is 1. The first kappa shape index (κ1) is 19.1. The molecule has 28 heavy (non-hydrogen) atoms. The second-order valence-corrected chi connectivity index (χ2v) is 6.13. The number of halogens is 1. The van der Waals surface area contributed by atoms with E-state index in [0.29, 0.717) is 22.6 Å². The van der Waals surface area contributed by atoms with E-state index >= 15 is 0 Å². The number of imidazole rings is 1. The van der Waals surface area contributed by atoms with Crippen LogP contribution in [-0.4, -0.2) is 27.7 Å². The maximum absolute atomic E-state index is 12.4. The Morgan fingerprint density at radius 2 is 2.04 bits per heavy atom. The summed E-state index contributed by atoms with van der Waals surface area (Å²) in [5.41, 5.74) is 2.24. The maximum Gasteiger partial charge on any atom is 0.323 e. The molecule has 1 unspecified atom stereocenters. The number of urea groups is 1. The number of anilines is 2. The Morgan fingerprint density at radius 1 is 1.29 bits per heavy atom. The summed E-state index contributed by atoms with van der Waals surface area (Å²) in [6, 6.07) is 7.71. The molecule has 9 nitrogen and oxygen atoms in total. The number of methoxy groups -OCH3 is 1. The monoisotopic (exact) mass is 395 g/mol. The highest BCUT2D eigenvalue weighted by Crippen LogP contribution is 2.29. The largest absolute Gasteiger partial charge is 0.377 e. The van der Waals surface area contributed by atoms with Crippen LogP contribution < -0.4 is 10.6 Å². The highest BCUT2D eigenvalue weighted by atomic mass is 35.5. The molecular formula is C18H14ClN7O2. The number of benzene rings is 1. The summed E-state index contributed by atoms with van der Waals surface area (Å²) in [4.78, 5) is 16.7. The van der Waals surface area contributed by atoms with Crippen molar-refractivity contribution in [2.24, 2.45) is 0 Å². The zero-order valence-electron chi connectivity index (χ0n) is 14.9. The highest BCUT2D eigenvalue weighted by molar-refractivity contribution is 6.29. The summed E-state index contributed by atoms with van der Waals surface area (Å²) in [5, 5.41) is 27.8. The van der Waals surface area contributed by atoms with Crippen LogP contribution in [0.4, 0.5) is 16.2 Å². The predicted molar refractivity (Wildman–Crippen MR) is 102 cm³/mol. The van der Waals surface area contributed by atoms with Gasteiger partial charge in [-0.3, -0.25) is 0 Å². The Kier molecular flexibility index (Phi) is 5.41. The summed E-state index contributed by atoms with van der Waals surface area (Å²) in [6.07, 6.45) is 2.63. The van der Waals surface area contributed by atoms with Crippen LogP contribution in [0.5, 0.6) is 0 Å². The molecule has 0 aliphatic heterocycles. The second kappa shape index (κ2) is 7.92. The van der Waals surface area contributed by atoms with Crippen LogP contribution in [0.25, 0.3) is 5.65 Å². The molecule has 2 amide bonds. The lowest BCUT2D eigenvalue weighted by Gasteiger charge is -2.16. The summed E-state index contributed by atoms with van der Waals surface area (Å²) in [6.45, 7) is 1.81. The minimum Gasteiger partial charge on any atom is -0.377 e. The third-order valence-electron chi connectivity index (χ3n) is 4.03. The van der Waals surface area contributed by atoms with Crippen LogP contribution in [0.15, 0.2) is 30.6 Å². The zero-order valence-corrected chi connectivity index (χ0v) is 15.7. The molecule has 0 bridgehead atoms. The molecule has 1 aromatic carbocycles. The van der Waals surface area contributed by atoms with Crippen LogP contribution in [-0.2, 0) is 4.74 Å².